The number of ether oxygens (including phenoxy) is 3. The predicted molar refractivity (Wildman–Crippen MR) is 132 cm³/mol. The zero-order valence-electron chi connectivity index (χ0n) is 19.7. The van der Waals surface area contributed by atoms with Crippen LogP contribution in [-0.2, 0) is 10.0 Å². The van der Waals surface area contributed by atoms with Crippen molar-refractivity contribution in [1.29, 1.82) is 5.26 Å². The van der Waals surface area contributed by atoms with Crippen molar-refractivity contribution in [3.63, 3.8) is 0 Å². The van der Waals surface area contributed by atoms with Gasteiger partial charge in [0.05, 0.1) is 36.3 Å². The molecule has 0 unspecified atom stereocenters. The maximum absolute atomic E-state index is 12.5. The number of nitriles is 1. The van der Waals surface area contributed by atoms with Crippen LogP contribution in [0.15, 0.2) is 71.6 Å². The van der Waals surface area contributed by atoms with Crippen molar-refractivity contribution in [3.8, 4) is 23.3 Å². The summed E-state index contributed by atoms with van der Waals surface area (Å²) in [6, 6.07) is 19.6. The number of allylic oxidation sites excluding steroid dienone is 1. The van der Waals surface area contributed by atoms with Crippen LogP contribution in [0.5, 0.6) is 17.2 Å². The van der Waals surface area contributed by atoms with Crippen LogP contribution in [-0.4, -0.2) is 47.0 Å². The first-order valence-corrected chi connectivity index (χ1v) is 11.8. The second-order valence-electron chi connectivity index (χ2n) is 7.51. The molecule has 180 valence electrons. The minimum Gasteiger partial charge on any atom is -0.493 e. The topological polar surface area (TPSA) is 106 Å². The Kier molecular flexibility index (Phi) is 7.91. The number of esters is 1. The highest BCUT2D eigenvalue weighted by atomic mass is 32.2. The minimum atomic E-state index is -3.58. The van der Waals surface area contributed by atoms with Crippen molar-refractivity contribution in [1.82, 2.24) is 4.31 Å². The largest absolute Gasteiger partial charge is 0.493 e. The molecule has 3 aromatic carbocycles. The predicted octanol–water partition coefficient (Wildman–Crippen LogP) is 4.24. The van der Waals surface area contributed by atoms with Crippen LogP contribution < -0.4 is 14.2 Å². The van der Waals surface area contributed by atoms with Crippen molar-refractivity contribution in [2.45, 2.75) is 4.90 Å². The number of nitrogens with zero attached hydrogens (tertiary/aromatic N) is 2. The molecular weight excluding hydrogens is 468 g/mol. The molecule has 0 fully saturated rings. The van der Waals surface area contributed by atoms with Crippen LogP contribution in [0.3, 0.4) is 0 Å². The lowest BCUT2D eigenvalue weighted by Gasteiger charge is -2.11. The molecule has 35 heavy (non-hydrogen) atoms. The number of carbonyl (C=O) groups is 1. The van der Waals surface area contributed by atoms with Gasteiger partial charge < -0.3 is 14.2 Å². The summed E-state index contributed by atoms with van der Waals surface area (Å²) in [7, 11) is 2.35. The second-order valence-corrected chi connectivity index (χ2v) is 9.66. The van der Waals surface area contributed by atoms with Gasteiger partial charge in [0, 0.05) is 14.1 Å². The summed E-state index contributed by atoms with van der Waals surface area (Å²) in [5.74, 6) is 0.765. The lowest BCUT2D eigenvalue weighted by Crippen LogP contribution is -2.22. The number of methoxy groups -OCH3 is 2. The lowest BCUT2D eigenvalue weighted by atomic mass is 10.0. The minimum absolute atomic E-state index is 0.0815. The zero-order valence-corrected chi connectivity index (χ0v) is 20.5. The molecule has 0 aliphatic carbocycles. The zero-order chi connectivity index (χ0) is 25.6. The van der Waals surface area contributed by atoms with E-state index in [4.69, 9.17) is 14.2 Å². The summed E-state index contributed by atoms with van der Waals surface area (Å²) >= 11 is 0. The molecule has 0 bridgehead atoms. The summed E-state index contributed by atoms with van der Waals surface area (Å²) in [5.41, 5.74) is 2.03. The summed E-state index contributed by atoms with van der Waals surface area (Å²) in [5, 5.41) is 9.63. The van der Waals surface area contributed by atoms with Gasteiger partial charge in [0.1, 0.15) is 5.75 Å². The van der Waals surface area contributed by atoms with Crippen LogP contribution in [0.2, 0.25) is 0 Å². The highest BCUT2D eigenvalue weighted by molar-refractivity contribution is 7.89. The number of carbonyl (C=O) groups excluding carboxylic acids is 1. The molecule has 0 radical (unpaired) electrons. The first-order chi connectivity index (χ1) is 16.7. The quantitative estimate of drug-likeness (QED) is 0.200. The van der Waals surface area contributed by atoms with Gasteiger partial charge in [-0.3, -0.25) is 0 Å². The van der Waals surface area contributed by atoms with E-state index in [9.17, 15) is 18.5 Å². The van der Waals surface area contributed by atoms with Gasteiger partial charge in [-0.05, 0) is 71.8 Å². The van der Waals surface area contributed by atoms with E-state index >= 15 is 0 Å². The Balaban J connectivity index is 1.75. The molecule has 0 amide bonds. The third-order valence-electron chi connectivity index (χ3n) is 5.09. The molecule has 0 aliphatic heterocycles. The van der Waals surface area contributed by atoms with Crippen LogP contribution in [0, 0.1) is 11.3 Å². The van der Waals surface area contributed by atoms with E-state index in [0.29, 0.717) is 28.4 Å². The van der Waals surface area contributed by atoms with Crippen LogP contribution >= 0.6 is 0 Å². The molecule has 0 aliphatic rings. The van der Waals surface area contributed by atoms with Crippen molar-refractivity contribution >= 4 is 27.6 Å². The third kappa shape index (κ3) is 5.87. The van der Waals surface area contributed by atoms with E-state index in [-0.39, 0.29) is 10.5 Å². The fourth-order valence-corrected chi connectivity index (χ4v) is 4.02. The van der Waals surface area contributed by atoms with Gasteiger partial charge in [-0.25, -0.2) is 17.5 Å². The van der Waals surface area contributed by atoms with Crippen molar-refractivity contribution in [2.75, 3.05) is 28.3 Å². The number of hydrogen-bond acceptors (Lipinski definition) is 7. The standard InChI is InChI=1S/C26H24N2O6S/c1-28(2)35(30,31)23-12-7-19(8-13-23)26(29)34-22-10-5-18(6-11-22)15-21(17-27)20-9-14-24(32-3)25(16-20)33-4/h5-16H,1-4H3/b21-15-. The molecule has 0 saturated heterocycles. The highest BCUT2D eigenvalue weighted by Crippen LogP contribution is 2.31. The smallest absolute Gasteiger partial charge is 0.343 e. The van der Waals surface area contributed by atoms with Gasteiger partial charge in [0.15, 0.2) is 11.5 Å². The van der Waals surface area contributed by atoms with E-state index in [1.54, 1.807) is 48.5 Å². The van der Waals surface area contributed by atoms with Gasteiger partial charge in [-0.2, -0.15) is 5.26 Å². The van der Waals surface area contributed by atoms with E-state index in [1.807, 2.05) is 0 Å². The maximum atomic E-state index is 12.5. The Morgan fingerprint density at radius 2 is 1.49 bits per heavy atom. The summed E-state index contributed by atoms with van der Waals surface area (Å²) in [6.07, 6.45) is 1.71. The average molecular weight is 493 g/mol. The fourth-order valence-electron chi connectivity index (χ4n) is 3.12. The molecule has 9 heteroatoms. The van der Waals surface area contributed by atoms with Crippen molar-refractivity contribution in [2.24, 2.45) is 0 Å². The molecule has 3 aromatic rings. The van der Waals surface area contributed by atoms with Crippen molar-refractivity contribution in [3.05, 3.63) is 83.4 Å². The second kappa shape index (κ2) is 10.9. The molecule has 0 spiro atoms. The van der Waals surface area contributed by atoms with E-state index in [1.165, 1.54) is 52.6 Å². The first kappa shape index (κ1) is 25.5. The maximum Gasteiger partial charge on any atom is 0.343 e. The summed E-state index contributed by atoms with van der Waals surface area (Å²) < 4.78 is 41.3. The Morgan fingerprint density at radius 1 is 0.886 bits per heavy atom. The lowest BCUT2D eigenvalue weighted by molar-refractivity contribution is 0.0734. The Morgan fingerprint density at radius 3 is 2.03 bits per heavy atom. The highest BCUT2D eigenvalue weighted by Gasteiger charge is 2.18. The molecule has 0 aromatic heterocycles. The Hall–Kier alpha value is -4.13. The molecule has 0 N–H and O–H groups in total. The molecule has 0 atom stereocenters. The molecular formula is C26H24N2O6S. The Labute approximate surface area is 204 Å². The van der Waals surface area contributed by atoms with Gasteiger partial charge in [0.2, 0.25) is 10.0 Å². The molecule has 8 nitrogen and oxygen atoms in total. The first-order valence-electron chi connectivity index (χ1n) is 10.4. The summed E-state index contributed by atoms with van der Waals surface area (Å²) in [4.78, 5) is 12.5. The number of sulfonamides is 1. The number of hydrogen-bond donors (Lipinski definition) is 0. The Bertz CT molecular complexity index is 1390. The monoisotopic (exact) mass is 492 g/mol. The van der Waals surface area contributed by atoms with E-state index in [0.717, 1.165) is 9.87 Å². The third-order valence-corrected chi connectivity index (χ3v) is 6.91. The van der Waals surface area contributed by atoms with Gasteiger partial charge >= 0.3 is 5.97 Å². The van der Waals surface area contributed by atoms with E-state index in [2.05, 4.69) is 6.07 Å². The molecule has 0 saturated carbocycles. The molecule has 3 rings (SSSR count). The van der Waals surface area contributed by atoms with Crippen LogP contribution in [0.1, 0.15) is 21.5 Å². The van der Waals surface area contributed by atoms with Gasteiger partial charge in [-0.15, -0.1) is 0 Å². The van der Waals surface area contributed by atoms with Crippen LogP contribution in [0.25, 0.3) is 11.6 Å². The number of rotatable bonds is 8. The number of benzene rings is 3. The van der Waals surface area contributed by atoms with Crippen LogP contribution in [0.4, 0.5) is 0 Å². The van der Waals surface area contributed by atoms with Gasteiger partial charge in [-0.1, -0.05) is 12.1 Å². The fraction of sp³-hybridized carbons (Fsp3) is 0.154. The normalized spacial score (nSPS) is 11.6. The van der Waals surface area contributed by atoms with E-state index < -0.39 is 16.0 Å². The van der Waals surface area contributed by atoms with Gasteiger partial charge in [0.25, 0.3) is 0 Å². The van der Waals surface area contributed by atoms with Crippen molar-refractivity contribution < 1.29 is 27.4 Å². The summed E-state index contributed by atoms with van der Waals surface area (Å²) in [6.45, 7) is 0. The SMILES string of the molecule is COc1ccc(/C(C#N)=C\c2ccc(OC(=O)c3ccc(S(=O)(=O)N(C)C)cc3)cc2)cc1OC. The molecule has 0 heterocycles. The average Bonchev–Trinajstić information content (AvgIpc) is 2.87.